The number of likely N-dealkylation sites (tertiary alicyclic amines) is 1. The lowest BCUT2D eigenvalue weighted by molar-refractivity contribution is -0.137. The molecule has 164 valence electrons. The zero-order valence-electron chi connectivity index (χ0n) is 16.9. The van der Waals surface area contributed by atoms with Gasteiger partial charge in [-0.2, -0.15) is 13.2 Å². The molecule has 1 amide bonds. The molecule has 2 rings (SSSR count). The van der Waals surface area contributed by atoms with Crippen LogP contribution in [0.15, 0.2) is 22.7 Å². The molecule has 9 heteroatoms. The Morgan fingerprint density at radius 3 is 2.41 bits per heavy atom. The van der Waals surface area contributed by atoms with Crippen molar-refractivity contribution in [2.75, 3.05) is 26.2 Å². The van der Waals surface area contributed by atoms with E-state index < -0.39 is 18.0 Å². The van der Waals surface area contributed by atoms with Gasteiger partial charge in [-0.05, 0) is 76.4 Å². The molecule has 1 aromatic rings. The van der Waals surface area contributed by atoms with Crippen molar-refractivity contribution in [1.29, 1.82) is 0 Å². The predicted octanol–water partition coefficient (Wildman–Crippen LogP) is 3.68. The van der Waals surface area contributed by atoms with Crippen molar-refractivity contribution >= 4 is 21.8 Å². The third-order valence-corrected chi connectivity index (χ3v) is 5.21. The number of aliphatic hydroxyl groups excluding tert-OH is 1. The maximum Gasteiger partial charge on any atom is 0.416 e. The number of rotatable bonds is 6. The van der Waals surface area contributed by atoms with Gasteiger partial charge in [0.05, 0.1) is 12.1 Å². The van der Waals surface area contributed by atoms with Gasteiger partial charge >= 0.3 is 6.18 Å². The van der Waals surface area contributed by atoms with Gasteiger partial charge < -0.3 is 10.4 Å². The van der Waals surface area contributed by atoms with Crippen molar-refractivity contribution in [3.8, 4) is 0 Å². The maximum absolute atomic E-state index is 12.9. The minimum atomic E-state index is -4.47. The zero-order chi connectivity index (χ0) is 21.8. The number of piperidine rings is 1. The molecule has 1 aliphatic rings. The van der Waals surface area contributed by atoms with Crippen LogP contribution in [0.1, 0.15) is 51.0 Å². The standard InChI is InChI=1S/C20H29BrF3N3O2/c1-19(2,3)26-17(28)12-27-6-4-13(5-7-27)11-25-18(29)14-8-15(20(22,23)24)10-16(21)9-14/h8-10,13,18,25,29H,4-7,11-12H2,1-3H3,(H,26,28). The SMILES string of the molecule is CC(C)(C)NC(=O)CN1CCC(CNC(O)c2cc(Br)cc(C(F)(F)F)c2)CC1. The van der Waals surface area contributed by atoms with E-state index >= 15 is 0 Å². The van der Waals surface area contributed by atoms with Crippen molar-refractivity contribution in [3.05, 3.63) is 33.8 Å². The van der Waals surface area contributed by atoms with Crippen molar-refractivity contribution in [2.45, 2.75) is 51.6 Å². The van der Waals surface area contributed by atoms with Crippen LogP contribution in [0, 0.1) is 5.92 Å². The average Bonchev–Trinajstić information content (AvgIpc) is 2.58. The van der Waals surface area contributed by atoms with E-state index in [0.29, 0.717) is 19.0 Å². The summed E-state index contributed by atoms with van der Waals surface area (Å²) < 4.78 is 39.1. The molecule has 1 atom stereocenters. The fourth-order valence-corrected chi connectivity index (χ4v) is 3.85. The number of aliphatic hydroxyl groups is 1. The van der Waals surface area contributed by atoms with Gasteiger partial charge in [0, 0.05) is 16.6 Å². The summed E-state index contributed by atoms with van der Waals surface area (Å²) >= 11 is 3.07. The average molecular weight is 480 g/mol. The van der Waals surface area contributed by atoms with Gasteiger partial charge in [-0.25, -0.2) is 0 Å². The summed E-state index contributed by atoms with van der Waals surface area (Å²) in [5, 5.41) is 16.2. The number of nitrogens with one attached hydrogen (secondary N) is 2. The Morgan fingerprint density at radius 1 is 1.24 bits per heavy atom. The number of hydrogen-bond acceptors (Lipinski definition) is 4. The Hall–Kier alpha value is -1.16. The molecule has 0 saturated carbocycles. The van der Waals surface area contributed by atoms with E-state index in [2.05, 4.69) is 31.5 Å². The van der Waals surface area contributed by atoms with Crippen LogP contribution < -0.4 is 10.6 Å². The van der Waals surface area contributed by atoms with E-state index in [-0.39, 0.29) is 21.5 Å². The van der Waals surface area contributed by atoms with Crippen LogP contribution in [0.5, 0.6) is 0 Å². The molecular formula is C20H29BrF3N3O2. The first-order valence-corrected chi connectivity index (χ1v) is 10.5. The molecule has 0 radical (unpaired) electrons. The second-order valence-corrected chi connectivity index (χ2v) is 9.52. The Labute approximate surface area is 178 Å². The minimum absolute atomic E-state index is 0.000351. The van der Waals surface area contributed by atoms with Gasteiger partial charge in [0.25, 0.3) is 0 Å². The second-order valence-electron chi connectivity index (χ2n) is 8.60. The summed E-state index contributed by atoms with van der Waals surface area (Å²) in [5.74, 6) is 0.292. The number of carbonyl (C=O) groups excluding carboxylic acids is 1. The Bertz CT molecular complexity index is 699. The molecule has 1 unspecified atom stereocenters. The van der Waals surface area contributed by atoms with E-state index in [1.807, 2.05) is 20.8 Å². The molecule has 0 spiro atoms. The largest absolute Gasteiger partial charge is 0.416 e. The highest BCUT2D eigenvalue weighted by molar-refractivity contribution is 9.10. The summed E-state index contributed by atoms with van der Waals surface area (Å²) in [6.45, 7) is 8.23. The van der Waals surface area contributed by atoms with E-state index in [4.69, 9.17) is 0 Å². The number of benzene rings is 1. The van der Waals surface area contributed by atoms with Crippen LogP contribution in [0.3, 0.4) is 0 Å². The van der Waals surface area contributed by atoms with Crippen LogP contribution in [0.4, 0.5) is 13.2 Å². The molecule has 0 aromatic heterocycles. The highest BCUT2D eigenvalue weighted by Gasteiger charge is 2.31. The normalized spacial score (nSPS) is 17.9. The van der Waals surface area contributed by atoms with E-state index in [0.717, 1.165) is 38.1 Å². The van der Waals surface area contributed by atoms with Crippen LogP contribution in [0.2, 0.25) is 0 Å². The molecule has 3 N–H and O–H groups in total. The molecule has 0 bridgehead atoms. The summed E-state index contributed by atoms with van der Waals surface area (Å²) in [6, 6.07) is 3.42. The Kier molecular flexibility index (Phi) is 8.12. The van der Waals surface area contributed by atoms with E-state index in [9.17, 15) is 23.1 Å². The smallest absolute Gasteiger partial charge is 0.374 e. The second kappa shape index (κ2) is 9.76. The molecule has 1 heterocycles. The van der Waals surface area contributed by atoms with Crippen molar-refractivity contribution in [3.63, 3.8) is 0 Å². The molecule has 1 aromatic carbocycles. The number of halogens is 4. The lowest BCUT2D eigenvalue weighted by Crippen LogP contribution is -2.48. The zero-order valence-corrected chi connectivity index (χ0v) is 18.5. The van der Waals surface area contributed by atoms with Crippen molar-refractivity contribution in [1.82, 2.24) is 15.5 Å². The monoisotopic (exact) mass is 479 g/mol. The highest BCUT2D eigenvalue weighted by atomic mass is 79.9. The molecule has 1 saturated heterocycles. The van der Waals surface area contributed by atoms with Crippen molar-refractivity contribution in [2.24, 2.45) is 5.92 Å². The maximum atomic E-state index is 12.9. The fourth-order valence-electron chi connectivity index (χ4n) is 3.34. The van der Waals surface area contributed by atoms with Gasteiger partial charge in [0.1, 0.15) is 6.23 Å². The predicted molar refractivity (Wildman–Crippen MR) is 109 cm³/mol. The summed E-state index contributed by atoms with van der Waals surface area (Å²) in [5.41, 5.74) is -0.888. The van der Waals surface area contributed by atoms with Gasteiger partial charge in [0.2, 0.25) is 5.91 Å². The third-order valence-electron chi connectivity index (χ3n) is 4.75. The van der Waals surface area contributed by atoms with Crippen LogP contribution in [-0.2, 0) is 11.0 Å². The first-order valence-electron chi connectivity index (χ1n) is 9.66. The summed E-state index contributed by atoms with van der Waals surface area (Å²) in [4.78, 5) is 14.1. The van der Waals surface area contributed by atoms with Gasteiger partial charge in [-0.1, -0.05) is 15.9 Å². The topological polar surface area (TPSA) is 64.6 Å². The number of alkyl halides is 3. The molecule has 29 heavy (non-hydrogen) atoms. The van der Waals surface area contributed by atoms with Crippen LogP contribution in [-0.4, -0.2) is 47.6 Å². The first kappa shape index (κ1) is 24.1. The van der Waals surface area contributed by atoms with Crippen molar-refractivity contribution < 1.29 is 23.1 Å². The summed E-state index contributed by atoms with van der Waals surface area (Å²) in [6.07, 6.45) is -3.93. The molecule has 1 fully saturated rings. The van der Waals surface area contributed by atoms with Crippen LogP contribution in [0.25, 0.3) is 0 Å². The fraction of sp³-hybridized carbons (Fsp3) is 0.650. The number of nitrogens with zero attached hydrogens (tertiary/aromatic N) is 1. The van der Waals surface area contributed by atoms with E-state index in [1.165, 1.54) is 6.07 Å². The molecule has 5 nitrogen and oxygen atoms in total. The lowest BCUT2D eigenvalue weighted by Gasteiger charge is -2.33. The quantitative estimate of drug-likeness (QED) is 0.544. The van der Waals surface area contributed by atoms with E-state index in [1.54, 1.807) is 0 Å². The highest BCUT2D eigenvalue weighted by Crippen LogP contribution is 2.33. The Morgan fingerprint density at radius 2 is 1.86 bits per heavy atom. The number of hydrogen-bond donors (Lipinski definition) is 3. The van der Waals surface area contributed by atoms with Gasteiger partial charge in [-0.3, -0.25) is 15.0 Å². The Balaban J connectivity index is 1.80. The van der Waals surface area contributed by atoms with Crippen LogP contribution >= 0.6 is 15.9 Å². The lowest BCUT2D eigenvalue weighted by atomic mass is 9.96. The van der Waals surface area contributed by atoms with Gasteiger partial charge in [-0.15, -0.1) is 0 Å². The molecular weight excluding hydrogens is 451 g/mol. The minimum Gasteiger partial charge on any atom is -0.374 e. The van der Waals surface area contributed by atoms with Gasteiger partial charge in [0.15, 0.2) is 0 Å². The number of carbonyl (C=O) groups is 1. The summed E-state index contributed by atoms with van der Waals surface area (Å²) in [7, 11) is 0. The molecule has 1 aliphatic heterocycles. The first-order chi connectivity index (χ1) is 13.3. The molecule has 0 aliphatic carbocycles. The number of amides is 1. The third kappa shape index (κ3) is 8.24.